The van der Waals surface area contributed by atoms with E-state index in [0.717, 1.165) is 32.5 Å². The summed E-state index contributed by atoms with van der Waals surface area (Å²) in [4.78, 5) is 28.5. The van der Waals surface area contributed by atoms with Crippen LogP contribution in [0.3, 0.4) is 0 Å². The number of amides is 1. The van der Waals surface area contributed by atoms with E-state index in [9.17, 15) is 9.59 Å². The van der Waals surface area contributed by atoms with Gasteiger partial charge in [0.15, 0.2) is 0 Å². The number of pyridine rings is 1. The fraction of sp³-hybridized carbons (Fsp3) is 0.533. The van der Waals surface area contributed by atoms with E-state index in [1.165, 1.54) is 18.3 Å². The number of carbonyl (C=O) groups excluding carboxylic acids is 1. The third-order valence-electron chi connectivity index (χ3n) is 3.79. The molecule has 1 fully saturated rings. The molecule has 0 bridgehead atoms. The Hall–Kier alpha value is -1.95. The summed E-state index contributed by atoms with van der Waals surface area (Å²) in [5, 5.41) is 8.81. The lowest BCUT2D eigenvalue weighted by molar-refractivity contribution is 0.0581. The number of ether oxygens (including phenoxy) is 1. The lowest BCUT2D eigenvalue weighted by Crippen LogP contribution is -2.30. The van der Waals surface area contributed by atoms with Crippen LogP contribution in [0.4, 0.5) is 0 Å². The number of aromatic carboxylic acids is 1. The van der Waals surface area contributed by atoms with Crippen LogP contribution in [-0.2, 0) is 4.74 Å². The molecule has 0 aromatic carbocycles. The van der Waals surface area contributed by atoms with Gasteiger partial charge in [-0.15, -0.1) is 0 Å². The zero-order valence-electron chi connectivity index (χ0n) is 12.1. The maximum absolute atomic E-state index is 12.2. The molecule has 6 nitrogen and oxygen atoms in total. The molecule has 1 amide bonds. The normalized spacial score (nSPS) is 15.7. The molecular weight excluding hydrogens is 272 g/mol. The smallest absolute Gasteiger partial charge is 0.337 e. The molecule has 21 heavy (non-hydrogen) atoms. The molecule has 1 aromatic heterocycles. The van der Waals surface area contributed by atoms with E-state index in [0.29, 0.717) is 12.5 Å². The van der Waals surface area contributed by atoms with Crippen LogP contribution in [0, 0.1) is 5.92 Å². The number of aromatic nitrogens is 1. The van der Waals surface area contributed by atoms with Crippen LogP contribution < -0.4 is 0 Å². The van der Waals surface area contributed by atoms with E-state index in [4.69, 9.17) is 9.84 Å². The lowest BCUT2D eigenvalue weighted by atomic mass is 9.96. The Labute approximate surface area is 123 Å². The first kappa shape index (κ1) is 15.4. The van der Waals surface area contributed by atoms with Gasteiger partial charge >= 0.3 is 5.97 Å². The van der Waals surface area contributed by atoms with Crippen molar-refractivity contribution in [2.45, 2.75) is 19.3 Å². The minimum Gasteiger partial charge on any atom is -0.478 e. The van der Waals surface area contributed by atoms with Crippen molar-refractivity contribution in [3.8, 4) is 0 Å². The van der Waals surface area contributed by atoms with Gasteiger partial charge in [-0.25, -0.2) is 4.79 Å². The summed E-state index contributed by atoms with van der Waals surface area (Å²) in [5.74, 6) is -0.621. The number of hydrogen-bond donors (Lipinski definition) is 1. The first-order chi connectivity index (χ1) is 10.1. The van der Waals surface area contributed by atoms with E-state index >= 15 is 0 Å². The predicted octanol–water partition coefficient (Wildman–Crippen LogP) is 1.67. The van der Waals surface area contributed by atoms with E-state index in [1.807, 2.05) is 0 Å². The van der Waals surface area contributed by atoms with E-state index < -0.39 is 5.97 Å². The fourth-order valence-electron chi connectivity index (χ4n) is 2.36. The van der Waals surface area contributed by atoms with Crippen molar-refractivity contribution in [3.63, 3.8) is 0 Å². The Morgan fingerprint density at radius 2 is 2.10 bits per heavy atom. The lowest BCUT2D eigenvalue weighted by Gasteiger charge is -2.24. The number of carboxylic acids is 1. The van der Waals surface area contributed by atoms with Gasteiger partial charge in [-0.05, 0) is 37.3 Å². The van der Waals surface area contributed by atoms with Crippen LogP contribution in [0.1, 0.15) is 40.1 Å². The zero-order chi connectivity index (χ0) is 15.2. The molecule has 6 heteroatoms. The van der Waals surface area contributed by atoms with Gasteiger partial charge in [-0.1, -0.05) is 0 Å². The summed E-state index contributed by atoms with van der Waals surface area (Å²) >= 11 is 0. The van der Waals surface area contributed by atoms with E-state index in [2.05, 4.69) is 4.98 Å². The average Bonchev–Trinajstić information content (AvgIpc) is 2.53. The second kappa shape index (κ2) is 7.17. The molecule has 2 rings (SSSR count). The monoisotopic (exact) mass is 292 g/mol. The van der Waals surface area contributed by atoms with Crippen molar-refractivity contribution in [1.82, 2.24) is 9.88 Å². The van der Waals surface area contributed by atoms with Gasteiger partial charge in [0.1, 0.15) is 5.69 Å². The Bertz CT molecular complexity index is 495. The minimum atomic E-state index is -1.05. The zero-order valence-corrected chi connectivity index (χ0v) is 12.1. The number of carboxylic acid groups (broad SMARTS) is 1. The molecule has 1 aromatic rings. The summed E-state index contributed by atoms with van der Waals surface area (Å²) < 4.78 is 5.32. The predicted molar refractivity (Wildman–Crippen MR) is 76.3 cm³/mol. The minimum absolute atomic E-state index is 0.0800. The van der Waals surface area contributed by atoms with Gasteiger partial charge in [0.05, 0.1) is 5.56 Å². The first-order valence-electron chi connectivity index (χ1n) is 7.10. The van der Waals surface area contributed by atoms with Crippen LogP contribution in [0.2, 0.25) is 0 Å². The van der Waals surface area contributed by atoms with Crippen LogP contribution in [-0.4, -0.2) is 53.7 Å². The highest BCUT2D eigenvalue weighted by molar-refractivity contribution is 5.93. The van der Waals surface area contributed by atoms with Gasteiger partial charge in [-0.2, -0.15) is 0 Å². The highest BCUT2D eigenvalue weighted by Gasteiger charge is 2.18. The molecular formula is C15H20N2O4. The van der Waals surface area contributed by atoms with Crippen LogP contribution >= 0.6 is 0 Å². The summed E-state index contributed by atoms with van der Waals surface area (Å²) in [6.45, 7) is 2.28. The Morgan fingerprint density at radius 3 is 2.67 bits per heavy atom. The molecule has 0 saturated carbocycles. The topological polar surface area (TPSA) is 79.7 Å². The summed E-state index contributed by atoms with van der Waals surface area (Å²) in [5.41, 5.74) is 0.353. The second-order valence-corrected chi connectivity index (χ2v) is 5.31. The van der Waals surface area contributed by atoms with Gasteiger partial charge in [-0.3, -0.25) is 9.78 Å². The highest BCUT2D eigenvalue weighted by atomic mass is 16.5. The van der Waals surface area contributed by atoms with Gasteiger partial charge in [0.25, 0.3) is 5.91 Å². The van der Waals surface area contributed by atoms with E-state index in [-0.39, 0.29) is 17.2 Å². The van der Waals surface area contributed by atoms with Gasteiger partial charge < -0.3 is 14.7 Å². The third-order valence-corrected chi connectivity index (χ3v) is 3.79. The largest absolute Gasteiger partial charge is 0.478 e. The van der Waals surface area contributed by atoms with Crippen molar-refractivity contribution in [2.75, 3.05) is 26.8 Å². The van der Waals surface area contributed by atoms with Crippen LogP contribution in [0.25, 0.3) is 0 Å². The molecule has 0 aliphatic carbocycles. The standard InChI is InChI=1S/C15H20N2O4/c1-17(7-4-11-5-8-21-9-6-11)14(18)13-3-2-12(10-16-13)15(19)20/h2-3,10-11H,4-9H2,1H3,(H,19,20). The Morgan fingerprint density at radius 1 is 1.38 bits per heavy atom. The second-order valence-electron chi connectivity index (χ2n) is 5.31. The van der Waals surface area contributed by atoms with Crippen molar-refractivity contribution in [3.05, 3.63) is 29.6 Å². The molecule has 114 valence electrons. The number of rotatable bonds is 5. The molecule has 1 N–H and O–H groups in total. The average molecular weight is 292 g/mol. The molecule has 0 atom stereocenters. The van der Waals surface area contributed by atoms with Crippen LogP contribution in [0.5, 0.6) is 0 Å². The summed E-state index contributed by atoms with van der Waals surface area (Å²) in [6, 6.07) is 2.85. The molecule has 1 aliphatic heterocycles. The maximum Gasteiger partial charge on any atom is 0.337 e. The SMILES string of the molecule is CN(CCC1CCOCC1)C(=O)c1ccc(C(=O)O)cn1. The number of nitrogens with zero attached hydrogens (tertiary/aromatic N) is 2. The summed E-state index contributed by atoms with van der Waals surface area (Å²) in [7, 11) is 1.74. The van der Waals surface area contributed by atoms with Crippen molar-refractivity contribution < 1.29 is 19.4 Å². The molecule has 1 saturated heterocycles. The Balaban J connectivity index is 1.87. The molecule has 0 spiro atoms. The molecule has 2 heterocycles. The Kier molecular flexibility index (Phi) is 5.27. The van der Waals surface area contributed by atoms with Crippen LogP contribution in [0.15, 0.2) is 18.3 Å². The highest BCUT2D eigenvalue weighted by Crippen LogP contribution is 2.18. The van der Waals surface area contributed by atoms with Crippen molar-refractivity contribution in [2.24, 2.45) is 5.92 Å². The van der Waals surface area contributed by atoms with E-state index in [1.54, 1.807) is 11.9 Å². The fourth-order valence-corrected chi connectivity index (χ4v) is 2.36. The third kappa shape index (κ3) is 4.26. The number of hydrogen-bond acceptors (Lipinski definition) is 4. The molecule has 1 aliphatic rings. The summed E-state index contributed by atoms with van der Waals surface area (Å²) in [6.07, 6.45) is 4.27. The first-order valence-corrected chi connectivity index (χ1v) is 7.10. The molecule has 0 radical (unpaired) electrons. The van der Waals surface area contributed by atoms with Crippen molar-refractivity contribution >= 4 is 11.9 Å². The van der Waals surface area contributed by atoms with Crippen molar-refractivity contribution in [1.29, 1.82) is 0 Å². The molecule has 0 unspecified atom stereocenters. The number of carbonyl (C=O) groups is 2. The quantitative estimate of drug-likeness (QED) is 0.893. The maximum atomic E-state index is 12.2. The van der Waals surface area contributed by atoms with Gasteiger partial charge in [0, 0.05) is 33.0 Å². The van der Waals surface area contributed by atoms with Gasteiger partial charge in [0.2, 0.25) is 0 Å².